The summed E-state index contributed by atoms with van der Waals surface area (Å²) in [5.41, 5.74) is 1.14. The number of nitrogens with zero attached hydrogens (tertiary/aromatic N) is 1. The van der Waals surface area contributed by atoms with Crippen molar-refractivity contribution in [2.24, 2.45) is 0 Å². The summed E-state index contributed by atoms with van der Waals surface area (Å²) in [5, 5.41) is 0. The van der Waals surface area contributed by atoms with Gasteiger partial charge in [-0.25, -0.2) is 4.98 Å². The quantitative estimate of drug-likeness (QED) is 0.554. The third-order valence-electron chi connectivity index (χ3n) is 1.62. The Bertz CT molecular complexity index is 289. The van der Waals surface area contributed by atoms with Gasteiger partial charge in [-0.15, -0.1) is 0 Å². The fourth-order valence-electron chi connectivity index (χ4n) is 0.924. The Morgan fingerprint density at radius 3 is 3.15 bits per heavy atom. The molecule has 70 valence electrons. The number of aromatic amines is 1. The number of hydrogen-bond acceptors (Lipinski definition) is 2. The molecule has 0 spiro atoms. The molecule has 0 radical (unpaired) electrons. The molecule has 0 atom stereocenters. The summed E-state index contributed by atoms with van der Waals surface area (Å²) in [7, 11) is 0. The summed E-state index contributed by atoms with van der Waals surface area (Å²) in [4.78, 5) is 7.32. The highest BCUT2D eigenvalue weighted by Gasteiger charge is 1.92. The molecule has 1 N–H and O–H groups in total. The van der Waals surface area contributed by atoms with E-state index in [9.17, 15) is 0 Å². The van der Waals surface area contributed by atoms with Crippen LogP contribution in [0.4, 0.5) is 0 Å². The minimum atomic E-state index is 0.533. The molecule has 0 unspecified atom stereocenters. The molecule has 0 saturated carbocycles. The van der Waals surface area contributed by atoms with E-state index >= 15 is 0 Å². The van der Waals surface area contributed by atoms with Crippen molar-refractivity contribution in [3.8, 4) is 0 Å². The van der Waals surface area contributed by atoms with Gasteiger partial charge in [0, 0.05) is 11.9 Å². The molecule has 0 amide bonds. The van der Waals surface area contributed by atoms with Crippen molar-refractivity contribution in [3.05, 3.63) is 36.6 Å². The van der Waals surface area contributed by atoms with Crippen molar-refractivity contribution >= 4 is 6.08 Å². The number of aromatic nitrogens is 2. The van der Waals surface area contributed by atoms with E-state index < -0.39 is 0 Å². The Kier molecular flexibility index (Phi) is 3.82. The number of aryl methyl sites for hydroxylation is 1. The molecule has 1 aromatic rings. The van der Waals surface area contributed by atoms with Gasteiger partial charge in [-0.2, -0.15) is 0 Å². The molecule has 13 heavy (non-hydrogen) atoms. The van der Waals surface area contributed by atoms with Crippen molar-refractivity contribution in [3.63, 3.8) is 0 Å². The Hall–Kier alpha value is -1.51. The third-order valence-corrected chi connectivity index (χ3v) is 1.62. The van der Waals surface area contributed by atoms with Crippen molar-refractivity contribution in [2.45, 2.75) is 13.3 Å². The standard InChI is InChI=1S/C10H14N2O/c1-3-9-8-11-10(12-9)6-5-7-13-4-2/h4-6,8H,2-3,7H2,1H3,(H,11,12)/b6-5+. The second kappa shape index (κ2) is 5.19. The lowest BCUT2D eigenvalue weighted by molar-refractivity contribution is 0.292. The van der Waals surface area contributed by atoms with E-state index in [0.29, 0.717) is 6.61 Å². The number of imidazole rings is 1. The summed E-state index contributed by atoms with van der Waals surface area (Å²) in [6.07, 6.45) is 8.02. The van der Waals surface area contributed by atoms with Crippen molar-refractivity contribution in [2.75, 3.05) is 6.61 Å². The lowest BCUT2D eigenvalue weighted by Gasteiger charge is -1.90. The molecule has 3 heteroatoms. The summed E-state index contributed by atoms with van der Waals surface area (Å²) in [6.45, 7) is 6.06. The number of nitrogens with one attached hydrogen (secondary N) is 1. The molecule has 1 rings (SSSR count). The molecule has 3 nitrogen and oxygen atoms in total. The zero-order valence-electron chi connectivity index (χ0n) is 7.79. The van der Waals surface area contributed by atoms with Gasteiger partial charge in [0.2, 0.25) is 0 Å². The fraction of sp³-hybridized carbons (Fsp3) is 0.300. The minimum Gasteiger partial charge on any atom is -0.498 e. The first-order valence-electron chi connectivity index (χ1n) is 4.29. The maximum Gasteiger partial charge on any atom is 0.129 e. The van der Waals surface area contributed by atoms with Crippen molar-refractivity contribution in [1.82, 2.24) is 9.97 Å². The molecule has 0 saturated heterocycles. The van der Waals surface area contributed by atoms with Crippen LogP contribution in [0, 0.1) is 0 Å². The zero-order chi connectivity index (χ0) is 9.52. The Balaban J connectivity index is 2.43. The predicted molar refractivity (Wildman–Crippen MR) is 53.1 cm³/mol. The Labute approximate surface area is 78.1 Å². The summed E-state index contributed by atoms with van der Waals surface area (Å²) >= 11 is 0. The molecule has 1 heterocycles. The molecule has 0 aromatic carbocycles. The van der Waals surface area contributed by atoms with Gasteiger partial charge in [0.25, 0.3) is 0 Å². The largest absolute Gasteiger partial charge is 0.498 e. The summed E-state index contributed by atoms with van der Waals surface area (Å²) < 4.78 is 4.92. The van der Waals surface area contributed by atoms with Crippen LogP contribution in [0.1, 0.15) is 18.4 Å². The Morgan fingerprint density at radius 2 is 2.54 bits per heavy atom. The summed E-state index contributed by atoms with van der Waals surface area (Å²) in [5.74, 6) is 0.865. The highest BCUT2D eigenvalue weighted by molar-refractivity contribution is 5.40. The topological polar surface area (TPSA) is 37.9 Å². The SMILES string of the molecule is C=COC/C=C/c1ncc(CC)[nH]1. The Morgan fingerprint density at radius 1 is 1.69 bits per heavy atom. The maximum absolute atomic E-state index is 4.92. The van der Waals surface area contributed by atoms with Crippen LogP contribution in [-0.2, 0) is 11.2 Å². The van der Waals surface area contributed by atoms with E-state index in [1.54, 1.807) is 0 Å². The van der Waals surface area contributed by atoms with Crippen molar-refractivity contribution in [1.29, 1.82) is 0 Å². The number of ether oxygens (including phenoxy) is 1. The van der Waals surface area contributed by atoms with E-state index in [4.69, 9.17) is 4.74 Å². The van der Waals surface area contributed by atoms with Crippen LogP contribution in [0.5, 0.6) is 0 Å². The lowest BCUT2D eigenvalue weighted by atomic mass is 10.4. The van der Waals surface area contributed by atoms with Crippen LogP contribution < -0.4 is 0 Å². The van der Waals surface area contributed by atoms with Crippen LogP contribution in [-0.4, -0.2) is 16.6 Å². The normalized spacial score (nSPS) is 10.5. The highest BCUT2D eigenvalue weighted by atomic mass is 16.5. The van der Waals surface area contributed by atoms with Gasteiger partial charge < -0.3 is 9.72 Å². The predicted octanol–water partition coefficient (Wildman–Crippen LogP) is 2.15. The average Bonchev–Trinajstić information content (AvgIpc) is 2.60. The molecule has 0 aliphatic carbocycles. The van der Waals surface area contributed by atoms with E-state index in [-0.39, 0.29) is 0 Å². The van der Waals surface area contributed by atoms with Gasteiger partial charge in [0.1, 0.15) is 12.4 Å². The van der Waals surface area contributed by atoms with E-state index in [1.807, 2.05) is 18.3 Å². The van der Waals surface area contributed by atoms with Gasteiger partial charge in [0.05, 0.1) is 6.26 Å². The molecule has 1 aromatic heterocycles. The second-order valence-electron chi connectivity index (χ2n) is 2.55. The summed E-state index contributed by atoms with van der Waals surface area (Å²) in [6, 6.07) is 0. The average molecular weight is 178 g/mol. The van der Waals surface area contributed by atoms with Crippen LogP contribution in [0.2, 0.25) is 0 Å². The molecule has 0 fully saturated rings. The first-order valence-corrected chi connectivity index (χ1v) is 4.29. The molecular weight excluding hydrogens is 164 g/mol. The van der Waals surface area contributed by atoms with Crippen LogP contribution >= 0.6 is 0 Å². The molecule has 0 aliphatic heterocycles. The van der Waals surface area contributed by atoms with Crippen LogP contribution in [0.3, 0.4) is 0 Å². The lowest BCUT2D eigenvalue weighted by Crippen LogP contribution is -1.81. The first-order chi connectivity index (χ1) is 6.36. The smallest absolute Gasteiger partial charge is 0.129 e. The molecule has 0 aliphatic rings. The van der Waals surface area contributed by atoms with Gasteiger partial charge >= 0.3 is 0 Å². The number of rotatable bonds is 5. The van der Waals surface area contributed by atoms with E-state index in [2.05, 4.69) is 23.5 Å². The van der Waals surface area contributed by atoms with Crippen LogP contribution in [0.25, 0.3) is 6.08 Å². The van der Waals surface area contributed by atoms with E-state index in [1.165, 1.54) is 6.26 Å². The number of hydrogen-bond donors (Lipinski definition) is 1. The van der Waals surface area contributed by atoms with Gasteiger partial charge in [-0.3, -0.25) is 0 Å². The third kappa shape index (κ3) is 3.15. The second-order valence-corrected chi connectivity index (χ2v) is 2.55. The van der Waals surface area contributed by atoms with E-state index in [0.717, 1.165) is 17.9 Å². The van der Waals surface area contributed by atoms with Gasteiger partial charge in [-0.1, -0.05) is 13.5 Å². The maximum atomic E-state index is 4.92. The number of H-pyrrole nitrogens is 1. The van der Waals surface area contributed by atoms with Crippen molar-refractivity contribution < 1.29 is 4.74 Å². The monoisotopic (exact) mass is 178 g/mol. The van der Waals surface area contributed by atoms with Crippen LogP contribution in [0.15, 0.2) is 25.1 Å². The van der Waals surface area contributed by atoms with Gasteiger partial charge in [-0.05, 0) is 18.6 Å². The van der Waals surface area contributed by atoms with Gasteiger partial charge in [0.15, 0.2) is 0 Å². The first kappa shape index (κ1) is 9.58. The highest BCUT2D eigenvalue weighted by Crippen LogP contribution is 1.99. The molecule has 0 bridgehead atoms. The molecular formula is C10H14N2O. The zero-order valence-corrected chi connectivity index (χ0v) is 7.79. The fourth-order valence-corrected chi connectivity index (χ4v) is 0.924. The minimum absolute atomic E-state index is 0.533.